The number of carbonyl (C=O) groups excluding carboxylic acids is 1. The number of carbonyl (C=O) groups is 1. The Balaban J connectivity index is 2.21. The van der Waals surface area contributed by atoms with Crippen LogP contribution in [0.5, 0.6) is 0 Å². The topological polar surface area (TPSA) is 43.1 Å². The second-order valence-corrected chi connectivity index (χ2v) is 3.71. The zero-order chi connectivity index (χ0) is 10.1. The van der Waals surface area contributed by atoms with Crippen LogP contribution in [0.15, 0.2) is 24.3 Å². The highest BCUT2D eigenvalue weighted by Gasteiger charge is 2.34. The normalized spacial score (nSPS) is 17.9. The van der Waals surface area contributed by atoms with Gasteiger partial charge in [-0.2, -0.15) is 0 Å². The summed E-state index contributed by atoms with van der Waals surface area (Å²) in [5, 5.41) is 0. The van der Waals surface area contributed by atoms with Crippen molar-refractivity contribution in [1.82, 2.24) is 0 Å². The summed E-state index contributed by atoms with van der Waals surface area (Å²) in [6, 6.07) is 5.46. The summed E-state index contributed by atoms with van der Waals surface area (Å²) in [5.74, 6) is -0.485. The molecule has 0 aromatic heterocycles. The van der Waals surface area contributed by atoms with E-state index in [1.165, 1.54) is 12.1 Å². The highest BCUT2D eigenvalue weighted by molar-refractivity contribution is 6.00. The van der Waals surface area contributed by atoms with Crippen LogP contribution in [0, 0.1) is 11.7 Å². The Morgan fingerprint density at radius 3 is 2.64 bits per heavy atom. The van der Waals surface area contributed by atoms with Gasteiger partial charge in [0.2, 0.25) is 0 Å². The van der Waals surface area contributed by atoms with Crippen LogP contribution in [-0.2, 0) is 0 Å². The molecule has 2 rings (SSSR count). The minimum Gasteiger partial charge on any atom is -0.321 e. The standard InChI is InChI=1S/C11H12FNO/c12-9-4-2-1-3-8(9)11(14)10(13)7-5-6-7/h1-4,7,10H,5-6,13H2. The molecule has 0 spiro atoms. The lowest BCUT2D eigenvalue weighted by Crippen LogP contribution is -2.33. The second kappa shape index (κ2) is 3.50. The zero-order valence-electron chi connectivity index (χ0n) is 7.74. The van der Waals surface area contributed by atoms with Crippen molar-refractivity contribution < 1.29 is 9.18 Å². The van der Waals surface area contributed by atoms with Gasteiger partial charge < -0.3 is 5.73 Å². The van der Waals surface area contributed by atoms with Crippen LogP contribution in [0.3, 0.4) is 0 Å². The van der Waals surface area contributed by atoms with E-state index in [1.807, 2.05) is 0 Å². The van der Waals surface area contributed by atoms with E-state index in [2.05, 4.69) is 0 Å². The predicted molar refractivity (Wildman–Crippen MR) is 51.4 cm³/mol. The first-order chi connectivity index (χ1) is 6.70. The first-order valence-electron chi connectivity index (χ1n) is 4.74. The van der Waals surface area contributed by atoms with Crippen LogP contribution in [0.2, 0.25) is 0 Å². The van der Waals surface area contributed by atoms with E-state index in [9.17, 15) is 9.18 Å². The van der Waals surface area contributed by atoms with Crippen molar-refractivity contribution >= 4 is 5.78 Å². The quantitative estimate of drug-likeness (QED) is 0.743. The molecule has 0 bridgehead atoms. The molecule has 2 nitrogen and oxygen atoms in total. The van der Waals surface area contributed by atoms with Crippen molar-refractivity contribution in [2.24, 2.45) is 11.7 Å². The molecule has 0 saturated heterocycles. The molecule has 1 atom stereocenters. The summed E-state index contributed by atoms with van der Waals surface area (Å²) in [4.78, 5) is 11.7. The van der Waals surface area contributed by atoms with Gasteiger partial charge in [0.15, 0.2) is 5.78 Å². The molecule has 1 saturated carbocycles. The fourth-order valence-corrected chi connectivity index (χ4v) is 1.51. The van der Waals surface area contributed by atoms with Crippen molar-refractivity contribution in [3.05, 3.63) is 35.6 Å². The summed E-state index contributed by atoms with van der Waals surface area (Å²) in [5.41, 5.74) is 5.82. The molecule has 74 valence electrons. The minimum atomic E-state index is -0.521. The van der Waals surface area contributed by atoms with E-state index in [0.29, 0.717) is 0 Å². The first kappa shape index (κ1) is 9.34. The number of hydrogen-bond donors (Lipinski definition) is 1. The third-order valence-electron chi connectivity index (χ3n) is 2.57. The zero-order valence-corrected chi connectivity index (χ0v) is 7.74. The summed E-state index contributed by atoms with van der Waals surface area (Å²) in [7, 11) is 0. The lowest BCUT2D eigenvalue weighted by Gasteiger charge is -2.09. The molecule has 0 radical (unpaired) electrons. The van der Waals surface area contributed by atoms with Gasteiger partial charge in [0.25, 0.3) is 0 Å². The van der Waals surface area contributed by atoms with Crippen molar-refractivity contribution in [3.63, 3.8) is 0 Å². The number of hydrogen-bond acceptors (Lipinski definition) is 2. The Kier molecular flexibility index (Phi) is 2.33. The average Bonchev–Trinajstić information content (AvgIpc) is 3.00. The first-order valence-corrected chi connectivity index (χ1v) is 4.74. The van der Waals surface area contributed by atoms with Crippen LogP contribution in [0.4, 0.5) is 4.39 Å². The van der Waals surface area contributed by atoms with Crippen LogP contribution in [0.1, 0.15) is 23.2 Å². The maximum atomic E-state index is 13.2. The summed E-state index contributed by atoms with van der Waals surface area (Å²) < 4.78 is 13.2. The second-order valence-electron chi connectivity index (χ2n) is 3.71. The molecular formula is C11H12FNO. The highest BCUT2D eigenvalue weighted by Crippen LogP contribution is 2.33. The molecule has 3 heteroatoms. The van der Waals surface area contributed by atoms with Crippen molar-refractivity contribution in [1.29, 1.82) is 0 Å². The predicted octanol–water partition coefficient (Wildman–Crippen LogP) is 1.75. The van der Waals surface area contributed by atoms with Gasteiger partial charge in [-0.3, -0.25) is 4.79 Å². The maximum Gasteiger partial charge on any atom is 0.182 e. The number of rotatable bonds is 3. The van der Waals surface area contributed by atoms with Crippen LogP contribution >= 0.6 is 0 Å². The smallest absolute Gasteiger partial charge is 0.182 e. The molecule has 1 aliphatic carbocycles. The molecule has 2 N–H and O–H groups in total. The lowest BCUT2D eigenvalue weighted by molar-refractivity contribution is 0.0948. The van der Waals surface area contributed by atoms with Crippen LogP contribution < -0.4 is 5.73 Å². The van der Waals surface area contributed by atoms with Crippen molar-refractivity contribution in [2.45, 2.75) is 18.9 Å². The van der Waals surface area contributed by atoms with Gasteiger partial charge in [-0.15, -0.1) is 0 Å². The average molecular weight is 193 g/mol. The highest BCUT2D eigenvalue weighted by atomic mass is 19.1. The summed E-state index contributed by atoms with van der Waals surface area (Å²) in [6.07, 6.45) is 1.97. The van der Waals surface area contributed by atoms with E-state index in [4.69, 9.17) is 5.73 Å². The molecule has 0 aliphatic heterocycles. The Hall–Kier alpha value is -1.22. The molecule has 1 unspecified atom stereocenters. The Bertz CT molecular complexity index is 360. The Morgan fingerprint density at radius 1 is 1.43 bits per heavy atom. The van der Waals surface area contributed by atoms with E-state index in [0.717, 1.165) is 12.8 Å². The van der Waals surface area contributed by atoms with Gasteiger partial charge in [-0.05, 0) is 30.9 Å². The number of ketones is 1. The molecule has 14 heavy (non-hydrogen) atoms. The molecule has 1 aromatic carbocycles. The number of benzene rings is 1. The van der Waals surface area contributed by atoms with Gasteiger partial charge >= 0.3 is 0 Å². The molecule has 0 amide bonds. The Labute approximate surface area is 81.9 Å². The van der Waals surface area contributed by atoms with Crippen molar-refractivity contribution in [3.8, 4) is 0 Å². The minimum absolute atomic E-state index is 0.118. The molecule has 1 aromatic rings. The van der Waals surface area contributed by atoms with E-state index < -0.39 is 11.9 Å². The molecule has 1 aliphatic rings. The van der Waals surface area contributed by atoms with Gasteiger partial charge in [0.1, 0.15) is 5.82 Å². The summed E-state index contributed by atoms with van der Waals surface area (Å²) >= 11 is 0. The van der Waals surface area contributed by atoms with E-state index in [1.54, 1.807) is 12.1 Å². The maximum absolute atomic E-state index is 13.2. The van der Waals surface area contributed by atoms with E-state index >= 15 is 0 Å². The third kappa shape index (κ3) is 1.68. The largest absolute Gasteiger partial charge is 0.321 e. The number of Topliss-reactive ketones (excluding diaryl/α,β-unsaturated/α-hetero) is 1. The molecular weight excluding hydrogens is 181 g/mol. The fraction of sp³-hybridized carbons (Fsp3) is 0.364. The molecule has 0 heterocycles. The van der Waals surface area contributed by atoms with E-state index in [-0.39, 0.29) is 17.3 Å². The van der Waals surface area contributed by atoms with Crippen LogP contribution in [-0.4, -0.2) is 11.8 Å². The lowest BCUT2D eigenvalue weighted by atomic mass is 10.0. The van der Waals surface area contributed by atoms with Crippen molar-refractivity contribution in [2.75, 3.05) is 0 Å². The monoisotopic (exact) mass is 193 g/mol. The number of halogens is 1. The van der Waals surface area contributed by atoms with Gasteiger partial charge in [-0.1, -0.05) is 12.1 Å². The number of nitrogens with two attached hydrogens (primary N) is 1. The fourth-order valence-electron chi connectivity index (χ4n) is 1.51. The Morgan fingerprint density at radius 2 is 2.07 bits per heavy atom. The third-order valence-corrected chi connectivity index (χ3v) is 2.57. The van der Waals surface area contributed by atoms with Gasteiger partial charge in [0, 0.05) is 0 Å². The van der Waals surface area contributed by atoms with Crippen LogP contribution in [0.25, 0.3) is 0 Å². The molecule has 1 fully saturated rings. The van der Waals surface area contributed by atoms with Gasteiger partial charge in [-0.25, -0.2) is 4.39 Å². The van der Waals surface area contributed by atoms with Gasteiger partial charge in [0.05, 0.1) is 11.6 Å². The summed E-state index contributed by atoms with van der Waals surface area (Å²) in [6.45, 7) is 0. The SMILES string of the molecule is NC(C(=O)c1ccccc1F)C1CC1.